The van der Waals surface area contributed by atoms with Gasteiger partial charge in [-0.05, 0) is 22.9 Å². The molecule has 0 aliphatic heterocycles. The second-order valence-electron chi connectivity index (χ2n) is 6.44. The number of rotatable bonds is 3. The fourth-order valence-corrected chi connectivity index (χ4v) is 4.07. The van der Waals surface area contributed by atoms with Crippen LogP contribution in [0.4, 0.5) is 0 Å². The number of carbonyl (C=O) groups excluding carboxylic acids is 1. The highest BCUT2D eigenvalue weighted by atomic mass is 32.1. The Hall–Kier alpha value is -3.91. The standard InChI is InChI=1S/C22H13N3O4S/c1-28-22(27)21-23-19(16-7-4-10-30-16)18(24-25-21)15-11-17(26)29-20-13-6-3-2-5-12(13)8-9-14(15)20/h2-11H,1H3. The average Bonchev–Trinajstić information content (AvgIpc) is 3.32. The van der Waals surface area contributed by atoms with E-state index in [2.05, 4.69) is 15.2 Å². The molecule has 3 heterocycles. The largest absolute Gasteiger partial charge is 0.463 e. The normalized spacial score (nSPS) is 11.1. The van der Waals surface area contributed by atoms with Crippen LogP contribution in [0.5, 0.6) is 0 Å². The van der Waals surface area contributed by atoms with Gasteiger partial charge < -0.3 is 9.15 Å². The molecule has 0 spiro atoms. The minimum Gasteiger partial charge on any atom is -0.463 e. The number of hydrogen-bond donors (Lipinski definition) is 0. The molecule has 0 amide bonds. The van der Waals surface area contributed by atoms with Crippen molar-refractivity contribution in [1.29, 1.82) is 0 Å². The molecule has 5 aromatic rings. The molecule has 0 radical (unpaired) electrons. The van der Waals surface area contributed by atoms with Gasteiger partial charge in [-0.2, -0.15) is 0 Å². The monoisotopic (exact) mass is 415 g/mol. The number of nitrogens with zero attached hydrogens (tertiary/aromatic N) is 3. The molecule has 30 heavy (non-hydrogen) atoms. The minimum absolute atomic E-state index is 0.151. The molecule has 146 valence electrons. The molecule has 3 aromatic heterocycles. The number of methoxy groups -OCH3 is 1. The molecule has 5 rings (SSSR count). The van der Waals surface area contributed by atoms with Gasteiger partial charge in [-0.1, -0.05) is 36.4 Å². The number of carbonyl (C=O) groups is 1. The number of aromatic nitrogens is 3. The van der Waals surface area contributed by atoms with Crippen LogP contribution in [0, 0.1) is 0 Å². The van der Waals surface area contributed by atoms with Crippen molar-refractivity contribution >= 4 is 39.0 Å². The molecular formula is C22H13N3O4S. The topological polar surface area (TPSA) is 95.2 Å². The third-order valence-corrected chi connectivity index (χ3v) is 5.58. The Kier molecular flexibility index (Phi) is 4.33. The Morgan fingerprint density at radius 1 is 1.00 bits per heavy atom. The van der Waals surface area contributed by atoms with Gasteiger partial charge in [0.25, 0.3) is 5.82 Å². The zero-order valence-corrected chi connectivity index (χ0v) is 16.5. The fourth-order valence-electron chi connectivity index (χ4n) is 3.36. The van der Waals surface area contributed by atoms with Gasteiger partial charge in [0, 0.05) is 22.4 Å². The van der Waals surface area contributed by atoms with Gasteiger partial charge >= 0.3 is 11.6 Å². The van der Waals surface area contributed by atoms with Gasteiger partial charge in [-0.25, -0.2) is 14.6 Å². The summed E-state index contributed by atoms with van der Waals surface area (Å²) in [7, 11) is 1.26. The van der Waals surface area contributed by atoms with Gasteiger partial charge in [0.1, 0.15) is 17.0 Å². The third-order valence-electron chi connectivity index (χ3n) is 4.70. The SMILES string of the molecule is COC(=O)c1nnc(-c2cc(=O)oc3c2ccc2ccccc23)c(-c2cccs2)n1. The second-order valence-corrected chi connectivity index (χ2v) is 7.39. The molecule has 0 saturated heterocycles. The molecule has 0 aliphatic rings. The van der Waals surface area contributed by atoms with Crippen LogP contribution < -0.4 is 5.63 Å². The second kappa shape index (κ2) is 7.16. The molecule has 0 aliphatic carbocycles. The zero-order chi connectivity index (χ0) is 20.7. The Balaban J connectivity index is 1.85. The summed E-state index contributed by atoms with van der Waals surface area (Å²) in [4.78, 5) is 29.6. The molecule has 0 saturated carbocycles. The van der Waals surface area contributed by atoms with E-state index in [0.29, 0.717) is 27.9 Å². The number of thiophene rings is 1. The predicted molar refractivity (Wildman–Crippen MR) is 113 cm³/mol. The van der Waals surface area contributed by atoms with E-state index in [0.717, 1.165) is 15.6 Å². The number of benzene rings is 2. The Morgan fingerprint density at radius 2 is 1.87 bits per heavy atom. The van der Waals surface area contributed by atoms with Crippen molar-refractivity contribution in [2.24, 2.45) is 0 Å². The molecule has 8 heteroatoms. The van der Waals surface area contributed by atoms with E-state index in [-0.39, 0.29) is 5.82 Å². The third kappa shape index (κ3) is 2.94. The van der Waals surface area contributed by atoms with E-state index in [1.165, 1.54) is 24.5 Å². The lowest BCUT2D eigenvalue weighted by molar-refractivity contribution is 0.0585. The van der Waals surface area contributed by atoms with Crippen LogP contribution in [-0.4, -0.2) is 28.3 Å². The summed E-state index contributed by atoms with van der Waals surface area (Å²) in [6.07, 6.45) is 0. The van der Waals surface area contributed by atoms with E-state index < -0.39 is 11.6 Å². The van der Waals surface area contributed by atoms with E-state index in [1.807, 2.05) is 53.9 Å². The maximum absolute atomic E-state index is 12.4. The van der Waals surface area contributed by atoms with Gasteiger partial charge in [-0.3, -0.25) is 0 Å². The Labute approximate surface area is 173 Å². The zero-order valence-electron chi connectivity index (χ0n) is 15.7. The van der Waals surface area contributed by atoms with Crippen molar-refractivity contribution in [2.45, 2.75) is 0 Å². The Bertz CT molecular complexity index is 1480. The summed E-state index contributed by atoms with van der Waals surface area (Å²) in [5.41, 5.74) is 1.32. The first-order valence-corrected chi connectivity index (χ1v) is 9.86. The van der Waals surface area contributed by atoms with Crippen LogP contribution in [-0.2, 0) is 4.74 Å². The summed E-state index contributed by atoms with van der Waals surface area (Å²) >= 11 is 1.44. The van der Waals surface area contributed by atoms with Crippen LogP contribution in [0.1, 0.15) is 10.6 Å². The van der Waals surface area contributed by atoms with Crippen molar-refractivity contribution in [2.75, 3.05) is 7.11 Å². The quantitative estimate of drug-likeness (QED) is 0.246. The molecular weight excluding hydrogens is 402 g/mol. The van der Waals surface area contributed by atoms with Gasteiger partial charge in [0.05, 0.1) is 12.0 Å². The lowest BCUT2D eigenvalue weighted by Gasteiger charge is -2.10. The van der Waals surface area contributed by atoms with Crippen LogP contribution >= 0.6 is 11.3 Å². The van der Waals surface area contributed by atoms with Crippen molar-refractivity contribution in [3.8, 4) is 21.8 Å². The van der Waals surface area contributed by atoms with Crippen LogP contribution in [0.3, 0.4) is 0 Å². The Morgan fingerprint density at radius 3 is 2.67 bits per heavy atom. The summed E-state index contributed by atoms with van der Waals surface area (Å²) in [6.45, 7) is 0. The van der Waals surface area contributed by atoms with Crippen molar-refractivity contribution in [1.82, 2.24) is 15.2 Å². The van der Waals surface area contributed by atoms with Crippen molar-refractivity contribution in [3.05, 3.63) is 76.2 Å². The molecule has 0 atom stereocenters. The molecule has 0 fully saturated rings. The van der Waals surface area contributed by atoms with E-state index in [9.17, 15) is 9.59 Å². The van der Waals surface area contributed by atoms with Crippen molar-refractivity contribution in [3.63, 3.8) is 0 Å². The summed E-state index contributed by atoms with van der Waals surface area (Å²) in [6, 6.07) is 16.6. The highest BCUT2D eigenvalue weighted by Crippen LogP contribution is 2.36. The number of ether oxygens (including phenoxy) is 1. The summed E-state index contributed by atoms with van der Waals surface area (Å²) in [5, 5.41) is 12.6. The maximum atomic E-state index is 12.4. The lowest BCUT2D eigenvalue weighted by Crippen LogP contribution is -2.11. The number of esters is 1. The molecule has 2 aromatic carbocycles. The van der Waals surface area contributed by atoms with E-state index in [1.54, 1.807) is 0 Å². The molecule has 0 unspecified atom stereocenters. The highest BCUT2D eigenvalue weighted by Gasteiger charge is 2.21. The summed E-state index contributed by atoms with van der Waals surface area (Å²) < 4.78 is 10.3. The van der Waals surface area contributed by atoms with Crippen LogP contribution in [0.15, 0.2) is 69.2 Å². The minimum atomic E-state index is -0.685. The lowest BCUT2D eigenvalue weighted by atomic mass is 10.0. The first kappa shape index (κ1) is 18.1. The average molecular weight is 415 g/mol. The molecule has 0 bridgehead atoms. The number of fused-ring (bicyclic) bond motifs is 3. The number of hydrogen-bond acceptors (Lipinski definition) is 8. The predicted octanol–water partition coefficient (Wildman–Crippen LogP) is 4.31. The molecule has 0 N–H and O–H groups in total. The van der Waals surface area contributed by atoms with E-state index in [4.69, 9.17) is 9.15 Å². The van der Waals surface area contributed by atoms with Gasteiger partial charge in [0.15, 0.2) is 0 Å². The van der Waals surface area contributed by atoms with E-state index >= 15 is 0 Å². The summed E-state index contributed by atoms with van der Waals surface area (Å²) in [5.74, 6) is -0.836. The van der Waals surface area contributed by atoms with Gasteiger partial charge in [0.2, 0.25) is 0 Å². The van der Waals surface area contributed by atoms with Crippen LogP contribution in [0.2, 0.25) is 0 Å². The maximum Gasteiger partial charge on any atom is 0.378 e. The first-order chi connectivity index (χ1) is 14.7. The van der Waals surface area contributed by atoms with Gasteiger partial charge in [-0.15, -0.1) is 21.5 Å². The highest BCUT2D eigenvalue weighted by molar-refractivity contribution is 7.13. The van der Waals surface area contributed by atoms with Crippen molar-refractivity contribution < 1.29 is 13.9 Å². The first-order valence-electron chi connectivity index (χ1n) is 8.98. The smallest absolute Gasteiger partial charge is 0.378 e. The fraction of sp³-hybridized carbons (Fsp3) is 0.0455. The van der Waals surface area contributed by atoms with Crippen LogP contribution in [0.25, 0.3) is 43.6 Å². The molecule has 7 nitrogen and oxygen atoms in total.